The molecule has 0 spiro atoms. The van der Waals surface area contributed by atoms with Crippen LogP contribution in [0.2, 0.25) is 0 Å². The van der Waals surface area contributed by atoms with E-state index in [0.717, 1.165) is 0 Å². The highest BCUT2D eigenvalue weighted by Crippen LogP contribution is 2.13. The number of rotatable bonds is 4. The SMILES string of the molecule is CCOc1ccc(C(=O)NC(=S)Nc2ccccc2F)cc1. The van der Waals surface area contributed by atoms with Gasteiger partial charge in [-0.05, 0) is 55.5 Å². The molecule has 0 bridgehead atoms. The summed E-state index contributed by atoms with van der Waals surface area (Å²) in [6.07, 6.45) is 0. The number of anilines is 1. The Morgan fingerprint density at radius 2 is 1.86 bits per heavy atom. The molecule has 0 aliphatic carbocycles. The number of carbonyl (C=O) groups is 1. The van der Waals surface area contributed by atoms with Crippen LogP contribution in [0.4, 0.5) is 10.1 Å². The molecule has 0 unspecified atom stereocenters. The Labute approximate surface area is 133 Å². The standard InChI is InChI=1S/C16H15FN2O2S/c1-2-21-12-9-7-11(8-10-12)15(20)19-16(22)18-14-6-4-3-5-13(14)17/h3-10H,2H2,1H3,(H2,18,19,20,22). The molecular formula is C16H15FN2O2S. The molecule has 6 heteroatoms. The molecule has 0 atom stereocenters. The Morgan fingerprint density at radius 1 is 1.18 bits per heavy atom. The van der Waals surface area contributed by atoms with E-state index in [-0.39, 0.29) is 16.7 Å². The van der Waals surface area contributed by atoms with Crippen molar-refractivity contribution in [1.82, 2.24) is 5.32 Å². The highest BCUT2D eigenvalue weighted by Gasteiger charge is 2.09. The molecule has 114 valence electrons. The summed E-state index contributed by atoms with van der Waals surface area (Å²) in [4.78, 5) is 12.0. The second-order valence-electron chi connectivity index (χ2n) is 4.35. The fourth-order valence-electron chi connectivity index (χ4n) is 1.76. The van der Waals surface area contributed by atoms with Gasteiger partial charge in [0.2, 0.25) is 0 Å². The second kappa shape index (κ2) is 7.51. The summed E-state index contributed by atoms with van der Waals surface area (Å²) < 4.78 is 18.8. The molecule has 2 N–H and O–H groups in total. The minimum atomic E-state index is -0.444. The van der Waals surface area contributed by atoms with Crippen LogP contribution in [0, 0.1) is 5.82 Å². The Balaban J connectivity index is 1.96. The molecule has 0 saturated carbocycles. The van der Waals surface area contributed by atoms with Gasteiger partial charge in [-0.15, -0.1) is 0 Å². The van der Waals surface area contributed by atoms with Gasteiger partial charge in [0.15, 0.2) is 5.11 Å². The number of carbonyl (C=O) groups excluding carboxylic acids is 1. The van der Waals surface area contributed by atoms with E-state index in [1.54, 1.807) is 36.4 Å². The maximum absolute atomic E-state index is 13.5. The predicted octanol–water partition coefficient (Wildman–Crippen LogP) is 3.35. The molecule has 2 aromatic carbocycles. The van der Waals surface area contributed by atoms with Gasteiger partial charge < -0.3 is 10.1 Å². The maximum Gasteiger partial charge on any atom is 0.257 e. The minimum Gasteiger partial charge on any atom is -0.494 e. The van der Waals surface area contributed by atoms with Gasteiger partial charge in [0.25, 0.3) is 5.91 Å². The molecule has 0 radical (unpaired) electrons. The van der Waals surface area contributed by atoms with Crippen molar-refractivity contribution in [2.45, 2.75) is 6.92 Å². The number of ether oxygens (including phenoxy) is 1. The summed E-state index contributed by atoms with van der Waals surface area (Å²) in [5, 5.41) is 5.17. The predicted molar refractivity (Wildman–Crippen MR) is 87.7 cm³/mol. The van der Waals surface area contributed by atoms with E-state index in [1.165, 1.54) is 12.1 Å². The van der Waals surface area contributed by atoms with Crippen LogP contribution in [0.1, 0.15) is 17.3 Å². The lowest BCUT2D eigenvalue weighted by atomic mass is 10.2. The van der Waals surface area contributed by atoms with E-state index < -0.39 is 5.82 Å². The summed E-state index contributed by atoms with van der Waals surface area (Å²) in [6, 6.07) is 12.7. The number of nitrogens with one attached hydrogen (secondary N) is 2. The van der Waals surface area contributed by atoms with Gasteiger partial charge in [0.1, 0.15) is 11.6 Å². The quantitative estimate of drug-likeness (QED) is 0.849. The molecule has 0 aromatic heterocycles. The van der Waals surface area contributed by atoms with E-state index in [4.69, 9.17) is 17.0 Å². The Hall–Kier alpha value is -2.47. The van der Waals surface area contributed by atoms with Crippen molar-refractivity contribution >= 4 is 28.9 Å². The fraction of sp³-hybridized carbons (Fsp3) is 0.125. The molecule has 2 aromatic rings. The van der Waals surface area contributed by atoms with Crippen molar-refractivity contribution < 1.29 is 13.9 Å². The molecule has 0 aliphatic rings. The summed E-state index contributed by atoms with van der Waals surface area (Å²) in [5.41, 5.74) is 0.639. The number of benzene rings is 2. The Morgan fingerprint density at radius 3 is 2.50 bits per heavy atom. The first-order chi connectivity index (χ1) is 10.6. The van der Waals surface area contributed by atoms with Crippen LogP contribution in [0.5, 0.6) is 5.75 Å². The smallest absolute Gasteiger partial charge is 0.257 e. The van der Waals surface area contributed by atoms with Crippen molar-refractivity contribution in [3.8, 4) is 5.75 Å². The van der Waals surface area contributed by atoms with E-state index in [2.05, 4.69) is 10.6 Å². The molecule has 1 amide bonds. The number of hydrogen-bond acceptors (Lipinski definition) is 3. The van der Waals surface area contributed by atoms with Crippen molar-refractivity contribution in [3.05, 3.63) is 59.9 Å². The van der Waals surface area contributed by atoms with Crippen LogP contribution in [-0.2, 0) is 0 Å². The second-order valence-corrected chi connectivity index (χ2v) is 4.75. The number of amides is 1. The highest BCUT2D eigenvalue weighted by molar-refractivity contribution is 7.80. The summed E-state index contributed by atoms with van der Waals surface area (Å²) >= 11 is 5.00. The zero-order chi connectivity index (χ0) is 15.9. The molecular weight excluding hydrogens is 303 g/mol. The normalized spacial score (nSPS) is 9.91. The third kappa shape index (κ3) is 4.26. The third-order valence-corrected chi connectivity index (χ3v) is 2.98. The molecule has 2 rings (SSSR count). The first kappa shape index (κ1) is 15.9. The fourth-order valence-corrected chi connectivity index (χ4v) is 1.96. The van der Waals surface area contributed by atoms with E-state index in [1.807, 2.05) is 6.92 Å². The molecule has 22 heavy (non-hydrogen) atoms. The van der Waals surface area contributed by atoms with Gasteiger partial charge >= 0.3 is 0 Å². The first-order valence-corrected chi connectivity index (χ1v) is 7.10. The number of halogens is 1. The summed E-state index contributed by atoms with van der Waals surface area (Å²) in [6.45, 7) is 2.44. The van der Waals surface area contributed by atoms with Gasteiger partial charge in [0, 0.05) is 5.56 Å². The highest BCUT2D eigenvalue weighted by atomic mass is 32.1. The van der Waals surface area contributed by atoms with Gasteiger partial charge in [-0.3, -0.25) is 10.1 Å². The third-order valence-electron chi connectivity index (χ3n) is 2.78. The minimum absolute atomic E-state index is 0.0315. The summed E-state index contributed by atoms with van der Waals surface area (Å²) in [5.74, 6) is -0.136. The lowest BCUT2D eigenvalue weighted by Crippen LogP contribution is -2.34. The molecule has 0 aliphatic heterocycles. The Bertz CT molecular complexity index is 674. The van der Waals surface area contributed by atoms with Crippen LogP contribution in [0.25, 0.3) is 0 Å². The largest absolute Gasteiger partial charge is 0.494 e. The van der Waals surface area contributed by atoms with E-state index in [0.29, 0.717) is 17.9 Å². The molecule has 0 heterocycles. The number of para-hydroxylation sites is 1. The van der Waals surface area contributed by atoms with Crippen molar-refractivity contribution in [1.29, 1.82) is 0 Å². The molecule has 0 fully saturated rings. The molecule has 0 saturated heterocycles. The van der Waals surface area contributed by atoms with Gasteiger partial charge in [-0.2, -0.15) is 0 Å². The van der Waals surface area contributed by atoms with Crippen LogP contribution >= 0.6 is 12.2 Å². The van der Waals surface area contributed by atoms with Gasteiger partial charge in [-0.25, -0.2) is 4.39 Å². The van der Waals surface area contributed by atoms with Gasteiger partial charge in [-0.1, -0.05) is 12.1 Å². The topological polar surface area (TPSA) is 50.4 Å². The average molecular weight is 318 g/mol. The van der Waals surface area contributed by atoms with Crippen LogP contribution in [0.15, 0.2) is 48.5 Å². The molecule has 4 nitrogen and oxygen atoms in total. The lowest BCUT2D eigenvalue weighted by molar-refractivity contribution is 0.0977. The van der Waals surface area contributed by atoms with Crippen molar-refractivity contribution in [3.63, 3.8) is 0 Å². The lowest BCUT2D eigenvalue weighted by Gasteiger charge is -2.10. The van der Waals surface area contributed by atoms with Crippen molar-refractivity contribution in [2.24, 2.45) is 0 Å². The summed E-state index contributed by atoms with van der Waals surface area (Å²) in [7, 11) is 0. The number of hydrogen-bond donors (Lipinski definition) is 2. The maximum atomic E-state index is 13.5. The zero-order valence-electron chi connectivity index (χ0n) is 11.9. The van der Waals surface area contributed by atoms with Crippen LogP contribution in [-0.4, -0.2) is 17.6 Å². The Kier molecular flexibility index (Phi) is 5.43. The van der Waals surface area contributed by atoms with E-state index in [9.17, 15) is 9.18 Å². The average Bonchev–Trinajstić information content (AvgIpc) is 2.50. The zero-order valence-corrected chi connectivity index (χ0v) is 12.7. The number of thiocarbonyl (C=S) groups is 1. The monoisotopic (exact) mass is 318 g/mol. The first-order valence-electron chi connectivity index (χ1n) is 6.70. The van der Waals surface area contributed by atoms with Crippen LogP contribution < -0.4 is 15.4 Å². The van der Waals surface area contributed by atoms with Crippen molar-refractivity contribution in [2.75, 3.05) is 11.9 Å². The van der Waals surface area contributed by atoms with Gasteiger partial charge in [0.05, 0.1) is 12.3 Å². The van der Waals surface area contributed by atoms with Crippen LogP contribution in [0.3, 0.4) is 0 Å². The van der Waals surface area contributed by atoms with E-state index >= 15 is 0 Å².